The summed E-state index contributed by atoms with van der Waals surface area (Å²) in [6.45, 7) is 4.09. The fourth-order valence-corrected chi connectivity index (χ4v) is 2.03. The lowest BCUT2D eigenvalue weighted by Crippen LogP contribution is -2.13. The molecule has 0 bridgehead atoms. The topological polar surface area (TPSA) is 70.1 Å². The Morgan fingerprint density at radius 1 is 1.50 bits per heavy atom. The molecule has 106 valence electrons. The van der Waals surface area contributed by atoms with E-state index in [2.05, 4.69) is 20.9 Å². The average molecular weight is 338 g/mol. The summed E-state index contributed by atoms with van der Waals surface area (Å²) in [6, 6.07) is 5.41. The van der Waals surface area contributed by atoms with Crippen molar-refractivity contribution in [1.82, 2.24) is 9.55 Å². The molecule has 0 fully saturated rings. The molecule has 2 aromatic rings. The quantitative estimate of drug-likeness (QED) is 0.870. The number of carbonyl (C=O) groups excluding carboxylic acids is 1. The number of nitrogens with zero attached hydrogens (tertiary/aromatic N) is 2. The molecule has 0 aliphatic rings. The van der Waals surface area contributed by atoms with Crippen molar-refractivity contribution in [2.45, 2.75) is 26.5 Å². The molecule has 0 saturated carbocycles. The largest absolute Gasteiger partial charge is 0.455 e. The maximum absolute atomic E-state index is 12.1. The van der Waals surface area contributed by atoms with Crippen LogP contribution in [0.5, 0.6) is 0 Å². The molecule has 0 aliphatic carbocycles. The van der Waals surface area contributed by atoms with Crippen LogP contribution >= 0.6 is 15.9 Å². The zero-order chi connectivity index (χ0) is 14.7. The SMILES string of the molecule is CC(C)n1cc(N)cc1C(=O)OCc1ccc(Br)cn1. The van der Waals surface area contributed by atoms with Gasteiger partial charge in [-0.3, -0.25) is 4.98 Å². The van der Waals surface area contributed by atoms with Crippen LogP contribution in [0, 0.1) is 0 Å². The molecule has 2 aromatic heterocycles. The van der Waals surface area contributed by atoms with Gasteiger partial charge in [-0.2, -0.15) is 0 Å². The van der Waals surface area contributed by atoms with Gasteiger partial charge in [0.25, 0.3) is 0 Å². The molecule has 5 nitrogen and oxygen atoms in total. The molecule has 0 aromatic carbocycles. The van der Waals surface area contributed by atoms with Gasteiger partial charge in [0.05, 0.1) is 11.4 Å². The highest BCUT2D eigenvalue weighted by Gasteiger charge is 2.16. The standard InChI is InChI=1S/C14H16BrN3O2/c1-9(2)18-7-11(16)5-13(18)14(19)20-8-12-4-3-10(15)6-17-12/h3-7,9H,8,16H2,1-2H3. The molecular weight excluding hydrogens is 322 g/mol. The first kappa shape index (κ1) is 14.6. The van der Waals surface area contributed by atoms with Crippen molar-refractivity contribution in [3.05, 3.63) is 46.5 Å². The van der Waals surface area contributed by atoms with Crippen LogP contribution < -0.4 is 5.73 Å². The normalized spacial score (nSPS) is 10.8. The number of ether oxygens (including phenoxy) is 1. The molecular formula is C14H16BrN3O2. The van der Waals surface area contributed by atoms with Crippen LogP contribution in [-0.4, -0.2) is 15.5 Å². The first-order valence-electron chi connectivity index (χ1n) is 6.22. The number of carbonyl (C=O) groups is 1. The molecule has 2 heterocycles. The molecule has 0 saturated heterocycles. The highest BCUT2D eigenvalue weighted by molar-refractivity contribution is 9.10. The number of nitrogens with two attached hydrogens (primary N) is 1. The lowest BCUT2D eigenvalue weighted by Gasteiger charge is -2.12. The summed E-state index contributed by atoms with van der Waals surface area (Å²) in [5, 5.41) is 0. The van der Waals surface area contributed by atoms with Crippen molar-refractivity contribution in [1.29, 1.82) is 0 Å². The van der Waals surface area contributed by atoms with Crippen LogP contribution in [0.1, 0.15) is 36.1 Å². The average Bonchev–Trinajstić information content (AvgIpc) is 2.80. The number of hydrogen-bond donors (Lipinski definition) is 1. The summed E-state index contributed by atoms with van der Waals surface area (Å²) in [6.07, 6.45) is 3.40. The summed E-state index contributed by atoms with van der Waals surface area (Å²) < 4.78 is 7.95. The molecule has 0 spiro atoms. The number of aromatic nitrogens is 2. The van der Waals surface area contributed by atoms with E-state index in [0.717, 1.165) is 4.47 Å². The molecule has 0 amide bonds. The number of pyridine rings is 1. The Balaban J connectivity index is 2.07. The minimum absolute atomic E-state index is 0.134. The summed E-state index contributed by atoms with van der Waals surface area (Å²) in [4.78, 5) is 16.2. The van der Waals surface area contributed by atoms with E-state index in [1.807, 2.05) is 19.9 Å². The third-order valence-electron chi connectivity index (χ3n) is 2.77. The molecule has 20 heavy (non-hydrogen) atoms. The summed E-state index contributed by atoms with van der Waals surface area (Å²) in [7, 11) is 0. The Bertz CT molecular complexity index is 605. The van der Waals surface area contributed by atoms with E-state index >= 15 is 0 Å². The first-order valence-corrected chi connectivity index (χ1v) is 7.01. The smallest absolute Gasteiger partial charge is 0.355 e. The number of nitrogen functional groups attached to an aromatic ring is 1. The lowest BCUT2D eigenvalue weighted by atomic mass is 10.3. The van der Waals surface area contributed by atoms with Crippen molar-refractivity contribution in [3.8, 4) is 0 Å². The van der Waals surface area contributed by atoms with Crippen molar-refractivity contribution in [3.63, 3.8) is 0 Å². The van der Waals surface area contributed by atoms with Gasteiger partial charge < -0.3 is 15.0 Å². The van der Waals surface area contributed by atoms with Gasteiger partial charge in [-0.15, -0.1) is 0 Å². The van der Waals surface area contributed by atoms with Gasteiger partial charge in [-0.05, 0) is 48.0 Å². The first-order chi connectivity index (χ1) is 9.47. The van der Waals surface area contributed by atoms with Crippen molar-refractivity contribution in [2.24, 2.45) is 0 Å². The second-order valence-corrected chi connectivity index (χ2v) is 5.62. The molecule has 0 radical (unpaired) electrons. The Morgan fingerprint density at radius 3 is 2.85 bits per heavy atom. The van der Waals surface area contributed by atoms with Gasteiger partial charge in [0.1, 0.15) is 12.3 Å². The number of esters is 1. The van der Waals surface area contributed by atoms with Crippen LogP contribution in [0.2, 0.25) is 0 Å². The van der Waals surface area contributed by atoms with E-state index < -0.39 is 5.97 Å². The predicted octanol–water partition coefficient (Wildman–Crippen LogP) is 3.17. The zero-order valence-corrected chi connectivity index (χ0v) is 12.9. The molecule has 0 aliphatic heterocycles. The number of hydrogen-bond acceptors (Lipinski definition) is 4. The van der Waals surface area contributed by atoms with Gasteiger partial charge in [-0.25, -0.2) is 4.79 Å². The highest BCUT2D eigenvalue weighted by Crippen LogP contribution is 2.18. The van der Waals surface area contributed by atoms with Gasteiger partial charge >= 0.3 is 5.97 Å². The van der Waals surface area contributed by atoms with E-state index in [1.165, 1.54) is 0 Å². The summed E-state index contributed by atoms with van der Waals surface area (Å²) in [5.41, 5.74) is 7.43. The van der Waals surface area contributed by atoms with Crippen LogP contribution in [0.4, 0.5) is 5.69 Å². The molecule has 6 heteroatoms. The van der Waals surface area contributed by atoms with Crippen LogP contribution in [0.25, 0.3) is 0 Å². The third-order valence-corrected chi connectivity index (χ3v) is 3.24. The van der Waals surface area contributed by atoms with Crippen molar-refractivity contribution in [2.75, 3.05) is 5.73 Å². The lowest BCUT2D eigenvalue weighted by molar-refractivity contribution is 0.0453. The monoisotopic (exact) mass is 337 g/mol. The van der Waals surface area contributed by atoms with E-state index in [0.29, 0.717) is 17.1 Å². The Morgan fingerprint density at radius 2 is 2.25 bits per heavy atom. The minimum atomic E-state index is -0.403. The van der Waals surface area contributed by atoms with E-state index in [1.54, 1.807) is 29.1 Å². The number of rotatable bonds is 4. The molecule has 0 unspecified atom stereocenters. The van der Waals surface area contributed by atoms with Crippen LogP contribution in [0.15, 0.2) is 35.1 Å². The predicted molar refractivity (Wildman–Crippen MR) is 80.3 cm³/mol. The number of halogens is 1. The van der Waals surface area contributed by atoms with Crippen LogP contribution in [-0.2, 0) is 11.3 Å². The van der Waals surface area contributed by atoms with E-state index in [9.17, 15) is 4.79 Å². The van der Waals surface area contributed by atoms with Gasteiger partial charge in [0.2, 0.25) is 0 Å². The van der Waals surface area contributed by atoms with Gasteiger partial charge in [-0.1, -0.05) is 0 Å². The zero-order valence-electron chi connectivity index (χ0n) is 11.3. The third kappa shape index (κ3) is 3.39. The molecule has 2 rings (SSSR count). The molecule has 0 atom stereocenters. The summed E-state index contributed by atoms with van der Waals surface area (Å²) in [5.74, 6) is -0.403. The second kappa shape index (κ2) is 6.09. The fourth-order valence-electron chi connectivity index (χ4n) is 1.80. The summed E-state index contributed by atoms with van der Waals surface area (Å²) >= 11 is 3.30. The van der Waals surface area contributed by atoms with Crippen LogP contribution in [0.3, 0.4) is 0 Å². The van der Waals surface area contributed by atoms with E-state index in [4.69, 9.17) is 10.5 Å². The highest BCUT2D eigenvalue weighted by atomic mass is 79.9. The van der Waals surface area contributed by atoms with Crippen molar-refractivity contribution >= 4 is 27.6 Å². The van der Waals surface area contributed by atoms with E-state index in [-0.39, 0.29) is 12.6 Å². The Hall–Kier alpha value is -1.82. The van der Waals surface area contributed by atoms with Gasteiger partial charge in [0, 0.05) is 22.9 Å². The minimum Gasteiger partial charge on any atom is -0.455 e. The van der Waals surface area contributed by atoms with Gasteiger partial charge in [0.15, 0.2) is 0 Å². The molecule has 2 N–H and O–H groups in total. The Kier molecular flexibility index (Phi) is 4.44. The Labute approximate surface area is 125 Å². The fraction of sp³-hybridized carbons (Fsp3) is 0.286. The van der Waals surface area contributed by atoms with Crippen molar-refractivity contribution < 1.29 is 9.53 Å². The second-order valence-electron chi connectivity index (χ2n) is 4.70. The maximum Gasteiger partial charge on any atom is 0.355 e. The maximum atomic E-state index is 12.1. The number of anilines is 1.